The van der Waals surface area contributed by atoms with Gasteiger partial charge in [-0.05, 0) is 13.3 Å². The molecule has 6 heteroatoms. The van der Waals surface area contributed by atoms with Crippen molar-refractivity contribution in [1.29, 1.82) is 0 Å². The molecular formula is C9H12N2O4. The van der Waals surface area contributed by atoms with Crippen molar-refractivity contribution in [2.45, 2.75) is 26.8 Å². The highest BCUT2D eigenvalue weighted by molar-refractivity contribution is 5.90. The number of aromatic carboxylic acids is 2. The molecule has 1 heterocycles. The van der Waals surface area contributed by atoms with Crippen LogP contribution in [0.1, 0.15) is 40.6 Å². The molecule has 82 valence electrons. The van der Waals surface area contributed by atoms with E-state index in [0.717, 1.165) is 0 Å². The molecule has 2 N–H and O–H groups in total. The monoisotopic (exact) mass is 212 g/mol. The highest BCUT2D eigenvalue weighted by atomic mass is 16.4. The van der Waals surface area contributed by atoms with Gasteiger partial charge in [0.1, 0.15) is 0 Å². The summed E-state index contributed by atoms with van der Waals surface area (Å²) in [4.78, 5) is 25.2. The summed E-state index contributed by atoms with van der Waals surface area (Å²) in [5, 5.41) is 17.7. The van der Waals surface area contributed by atoms with Crippen molar-refractivity contribution in [3.05, 3.63) is 17.2 Å². The van der Waals surface area contributed by atoms with E-state index in [4.69, 9.17) is 10.2 Å². The summed E-state index contributed by atoms with van der Waals surface area (Å²) in [7, 11) is 0. The fraction of sp³-hybridized carbons (Fsp3) is 0.444. The van der Waals surface area contributed by atoms with Crippen LogP contribution in [0.25, 0.3) is 0 Å². The summed E-state index contributed by atoms with van der Waals surface area (Å²) >= 11 is 0. The van der Waals surface area contributed by atoms with E-state index in [-0.39, 0.29) is 11.5 Å². The van der Waals surface area contributed by atoms with Gasteiger partial charge in [0, 0.05) is 6.54 Å². The van der Waals surface area contributed by atoms with Crippen molar-refractivity contribution in [3.8, 4) is 0 Å². The van der Waals surface area contributed by atoms with Crippen LogP contribution in [0.4, 0.5) is 0 Å². The van der Waals surface area contributed by atoms with Crippen molar-refractivity contribution in [1.82, 2.24) is 9.55 Å². The maximum atomic E-state index is 10.8. The van der Waals surface area contributed by atoms with E-state index in [1.807, 2.05) is 0 Å². The number of hydrogen-bond donors (Lipinski definition) is 2. The van der Waals surface area contributed by atoms with Crippen LogP contribution in [0.3, 0.4) is 0 Å². The van der Waals surface area contributed by atoms with E-state index in [9.17, 15) is 9.59 Å². The molecule has 0 aliphatic heterocycles. The Morgan fingerprint density at radius 3 is 2.20 bits per heavy atom. The lowest BCUT2D eigenvalue weighted by molar-refractivity contribution is 0.0678. The summed E-state index contributed by atoms with van der Waals surface area (Å²) < 4.78 is 1.41. The van der Waals surface area contributed by atoms with Gasteiger partial charge >= 0.3 is 11.9 Å². The van der Waals surface area contributed by atoms with Crippen LogP contribution in [0, 0.1) is 0 Å². The standard InChI is InChI=1S/C9H12N2O4/c1-3-5-6(8(12)13)10-7(9(14)15)11(5)4-2/h3-4H2,1-2H3,(H,12,13)(H,14,15). The van der Waals surface area contributed by atoms with Crippen LogP contribution >= 0.6 is 0 Å². The van der Waals surface area contributed by atoms with Crippen molar-refractivity contribution in [2.24, 2.45) is 0 Å². The van der Waals surface area contributed by atoms with Gasteiger partial charge in [-0.15, -0.1) is 0 Å². The molecule has 15 heavy (non-hydrogen) atoms. The number of rotatable bonds is 4. The van der Waals surface area contributed by atoms with Crippen LogP contribution in [-0.2, 0) is 13.0 Å². The quantitative estimate of drug-likeness (QED) is 0.772. The Morgan fingerprint density at radius 2 is 1.87 bits per heavy atom. The zero-order valence-electron chi connectivity index (χ0n) is 8.52. The van der Waals surface area contributed by atoms with E-state index in [0.29, 0.717) is 18.7 Å². The van der Waals surface area contributed by atoms with Crippen molar-refractivity contribution in [2.75, 3.05) is 0 Å². The Kier molecular flexibility index (Phi) is 3.08. The zero-order valence-corrected chi connectivity index (χ0v) is 8.52. The molecule has 0 amide bonds. The summed E-state index contributed by atoms with van der Waals surface area (Å²) in [6.07, 6.45) is 0.440. The van der Waals surface area contributed by atoms with E-state index in [1.54, 1.807) is 13.8 Å². The van der Waals surface area contributed by atoms with Gasteiger partial charge in [-0.25, -0.2) is 14.6 Å². The smallest absolute Gasteiger partial charge is 0.372 e. The van der Waals surface area contributed by atoms with E-state index < -0.39 is 11.9 Å². The molecule has 0 spiro atoms. The predicted octanol–water partition coefficient (Wildman–Crippen LogP) is 0.862. The first-order valence-electron chi connectivity index (χ1n) is 4.58. The van der Waals surface area contributed by atoms with Gasteiger partial charge in [0.15, 0.2) is 5.69 Å². The summed E-state index contributed by atoms with van der Waals surface area (Å²) in [5.74, 6) is -2.62. The van der Waals surface area contributed by atoms with Gasteiger partial charge in [0.05, 0.1) is 5.69 Å². The third kappa shape index (κ3) is 1.83. The molecule has 6 nitrogen and oxygen atoms in total. The average Bonchev–Trinajstić information content (AvgIpc) is 2.55. The molecule has 0 saturated carbocycles. The molecule has 1 aromatic rings. The molecule has 1 rings (SSSR count). The SMILES string of the molecule is CCc1c(C(=O)O)nc(C(=O)O)n1CC. The van der Waals surface area contributed by atoms with Gasteiger partial charge in [-0.1, -0.05) is 6.92 Å². The zero-order chi connectivity index (χ0) is 11.6. The molecule has 0 unspecified atom stereocenters. The van der Waals surface area contributed by atoms with Crippen LogP contribution < -0.4 is 0 Å². The maximum absolute atomic E-state index is 10.8. The van der Waals surface area contributed by atoms with Gasteiger partial charge in [0.25, 0.3) is 0 Å². The second-order valence-corrected chi connectivity index (χ2v) is 2.94. The highest BCUT2D eigenvalue weighted by Crippen LogP contribution is 2.13. The van der Waals surface area contributed by atoms with Gasteiger partial charge < -0.3 is 14.8 Å². The largest absolute Gasteiger partial charge is 0.476 e. The van der Waals surface area contributed by atoms with Gasteiger partial charge in [-0.2, -0.15) is 0 Å². The lowest BCUT2D eigenvalue weighted by atomic mass is 10.2. The molecule has 1 aromatic heterocycles. The number of carbonyl (C=O) groups is 2. The Labute approximate surface area is 86.2 Å². The fourth-order valence-corrected chi connectivity index (χ4v) is 1.52. The minimum absolute atomic E-state index is 0.170. The van der Waals surface area contributed by atoms with Crippen LogP contribution in [-0.4, -0.2) is 31.7 Å². The van der Waals surface area contributed by atoms with Gasteiger partial charge in [-0.3, -0.25) is 0 Å². The normalized spacial score (nSPS) is 10.3. The Balaban J connectivity index is 3.44. The van der Waals surface area contributed by atoms with E-state index in [2.05, 4.69) is 4.98 Å². The lowest BCUT2D eigenvalue weighted by Crippen LogP contribution is -2.10. The number of hydrogen-bond acceptors (Lipinski definition) is 3. The first kappa shape index (κ1) is 11.2. The number of carboxylic acids is 2. The molecule has 0 bridgehead atoms. The average molecular weight is 212 g/mol. The van der Waals surface area contributed by atoms with Crippen LogP contribution in [0.15, 0.2) is 0 Å². The topological polar surface area (TPSA) is 92.4 Å². The van der Waals surface area contributed by atoms with Crippen molar-refractivity contribution < 1.29 is 19.8 Å². The lowest BCUT2D eigenvalue weighted by Gasteiger charge is -2.04. The molecule has 0 aliphatic carbocycles. The third-order valence-corrected chi connectivity index (χ3v) is 2.12. The number of nitrogens with zero attached hydrogens (tertiary/aromatic N) is 2. The highest BCUT2D eigenvalue weighted by Gasteiger charge is 2.23. The second kappa shape index (κ2) is 4.12. The predicted molar refractivity (Wildman–Crippen MR) is 51.2 cm³/mol. The molecule has 0 aliphatic rings. The number of carboxylic acid groups (broad SMARTS) is 2. The van der Waals surface area contributed by atoms with Crippen LogP contribution in [0.5, 0.6) is 0 Å². The van der Waals surface area contributed by atoms with Crippen LogP contribution in [0.2, 0.25) is 0 Å². The molecule has 0 fully saturated rings. The molecule has 0 saturated heterocycles. The third-order valence-electron chi connectivity index (χ3n) is 2.12. The number of imidazole rings is 1. The first-order valence-corrected chi connectivity index (χ1v) is 4.58. The Hall–Kier alpha value is -1.85. The molecule has 0 radical (unpaired) electrons. The molecule has 0 aromatic carbocycles. The Bertz CT molecular complexity index is 372. The van der Waals surface area contributed by atoms with Crippen molar-refractivity contribution >= 4 is 11.9 Å². The minimum Gasteiger partial charge on any atom is -0.476 e. The van der Waals surface area contributed by atoms with Crippen molar-refractivity contribution in [3.63, 3.8) is 0 Å². The Morgan fingerprint density at radius 1 is 1.27 bits per heavy atom. The summed E-state index contributed by atoms with van der Waals surface area (Å²) in [5.41, 5.74) is 0.277. The summed E-state index contributed by atoms with van der Waals surface area (Å²) in [6, 6.07) is 0. The first-order chi connectivity index (χ1) is 7.02. The second-order valence-electron chi connectivity index (χ2n) is 2.94. The molecule has 0 atom stereocenters. The molecular weight excluding hydrogens is 200 g/mol. The van der Waals surface area contributed by atoms with Gasteiger partial charge in [0.2, 0.25) is 5.82 Å². The van der Waals surface area contributed by atoms with E-state index >= 15 is 0 Å². The summed E-state index contributed by atoms with van der Waals surface area (Å²) in [6.45, 7) is 3.91. The fourth-order valence-electron chi connectivity index (χ4n) is 1.52. The van der Waals surface area contributed by atoms with E-state index in [1.165, 1.54) is 4.57 Å². The minimum atomic E-state index is -1.21. The number of aromatic nitrogens is 2. The maximum Gasteiger partial charge on any atom is 0.372 e.